The molecule has 6 nitrogen and oxygen atoms in total. The van der Waals surface area contributed by atoms with Crippen LogP contribution < -0.4 is 11.2 Å². The zero-order chi connectivity index (χ0) is 17.8. The maximum absolute atomic E-state index is 13.0. The molecule has 1 heterocycles. The molecule has 0 aliphatic rings. The Morgan fingerprint density at radius 3 is 2.44 bits per heavy atom. The van der Waals surface area contributed by atoms with Gasteiger partial charge in [-0.2, -0.15) is 0 Å². The van der Waals surface area contributed by atoms with Crippen LogP contribution in [0.2, 0.25) is 0 Å². The number of H-pyrrole nitrogens is 1. The lowest BCUT2D eigenvalue weighted by atomic mass is 10.2. The highest BCUT2D eigenvalue weighted by molar-refractivity contribution is 5.82. The summed E-state index contributed by atoms with van der Waals surface area (Å²) in [6, 6.07) is 14.3. The van der Waals surface area contributed by atoms with Gasteiger partial charge in [-0.3, -0.25) is 14.8 Å². The van der Waals surface area contributed by atoms with Crippen molar-refractivity contribution in [2.24, 2.45) is 4.99 Å². The van der Waals surface area contributed by atoms with Gasteiger partial charge in [-0.15, -0.1) is 0 Å². The number of aliphatic imine (C=N–C) groups is 1. The van der Waals surface area contributed by atoms with Crippen molar-refractivity contribution in [1.82, 2.24) is 9.55 Å². The van der Waals surface area contributed by atoms with Crippen LogP contribution >= 0.6 is 0 Å². The molecule has 2 N–H and O–H groups in total. The van der Waals surface area contributed by atoms with Crippen LogP contribution in [0, 0.1) is 5.82 Å². The van der Waals surface area contributed by atoms with Gasteiger partial charge in [0.05, 0.1) is 12.2 Å². The third-order valence-electron chi connectivity index (χ3n) is 3.54. The SMILES string of the molecule is O=c1[nH]c(=O)n(-c2ccc(F)cc2)c(O)c1C=NCc1ccccc1. The molecule has 7 heteroatoms. The first kappa shape index (κ1) is 16.4. The predicted molar refractivity (Wildman–Crippen MR) is 92.0 cm³/mol. The van der Waals surface area contributed by atoms with E-state index in [2.05, 4.69) is 9.98 Å². The smallest absolute Gasteiger partial charge is 0.335 e. The lowest BCUT2D eigenvalue weighted by Crippen LogP contribution is -2.31. The van der Waals surface area contributed by atoms with E-state index in [9.17, 15) is 19.1 Å². The van der Waals surface area contributed by atoms with Crippen molar-refractivity contribution in [3.05, 3.63) is 92.4 Å². The number of nitrogens with zero attached hydrogens (tertiary/aromatic N) is 2. The van der Waals surface area contributed by atoms with E-state index in [-0.39, 0.29) is 11.3 Å². The quantitative estimate of drug-likeness (QED) is 0.713. The largest absolute Gasteiger partial charge is 0.493 e. The van der Waals surface area contributed by atoms with Crippen LogP contribution in [0.15, 0.2) is 69.2 Å². The second-order valence-electron chi connectivity index (χ2n) is 5.26. The summed E-state index contributed by atoms with van der Waals surface area (Å²) < 4.78 is 13.9. The molecule has 3 aromatic rings. The summed E-state index contributed by atoms with van der Waals surface area (Å²) >= 11 is 0. The van der Waals surface area contributed by atoms with Crippen LogP contribution in [0.5, 0.6) is 5.88 Å². The molecular formula is C18H14FN3O3. The number of hydrogen-bond donors (Lipinski definition) is 2. The summed E-state index contributed by atoms with van der Waals surface area (Å²) in [5, 5.41) is 10.3. The average Bonchev–Trinajstić information content (AvgIpc) is 2.60. The van der Waals surface area contributed by atoms with Crippen LogP contribution in [0.4, 0.5) is 4.39 Å². The molecule has 0 aliphatic heterocycles. The fraction of sp³-hybridized carbons (Fsp3) is 0.0556. The minimum absolute atomic E-state index is 0.153. The predicted octanol–water partition coefficient (Wildman–Crippen LogP) is 1.99. The Hall–Kier alpha value is -3.48. The molecule has 0 saturated heterocycles. The van der Waals surface area contributed by atoms with Crippen molar-refractivity contribution in [2.45, 2.75) is 6.54 Å². The van der Waals surface area contributed by atoms with Gasteiger partial charge in [0.2, 0.25) is 5.88 Å². The highest BCUT2D eigenvalue weighted by Gasteiger charge is 2.14. The molecular weight excluding hydrogens is 325 g/mol. The second kappa shape index (κ2) is 6.96. The number of hydrogen-bond acceptors (Lipinski definition) is 4. The lowest BCUT2D eigenvalue weighted by molar-refractivity contribution is 0.430. The molecule has 0 bridgehead atoms. The number of halogens is 1. The molecule has 0 atom stereocenters. The van der Waals surface area contributed by atoms with Gasteiger partial charge >= 0.3 is 5.69 Å². The van der Waals surface area contributed by atoms with Crippen molar-refractivity contribution < 1.29 is 9.50 Å². The fourth-order valence-corrected chi connectivity index (χ4v) is 2.31. The van der Waals surface area contributed by atoms with Gasteiger partial charge in [0.25, 0.3) is 5.56 Å². The Bertz CT molecular complexity index is 1020. The Labute approximate surface area is 141 Å². The number of aromatic hydroxyl groups is 1. The lowest BCUT2D eigenvalue weighted by Gasteiger charge is -2.09. The summed E-state index contributed by atoms with van der Waals surface area (Å²) in [6.07, 6.45) is 1.21. The average molecular weight is 339 g/mol. The first-order valence-corrected chi connectivity index (χ1v) is 7.44. The van der Waals surface area contributed by atoms with Gasteiger partial charge in [0.1, 0.15) is 11.4 Å². The number of aromatic amines is 1. The number of nitrogens with one attached hydrogen (secondary N) is 1. The summed E-state index contributed by atoms with van der Waals surface area (Å²) in [5.74, 6) is -1.04. The van der Waals surface area contributed by atoms with Gasteiger partial charge in [-0.1, -0.05) is 30.3 Å². The van der Waals surface area contributed by atoms with Crippen LogP contribution in [0.25, 0.3) is 5.69 Å². The van der Waals surface area contributed by atoms with Crippen molar-refractivity contribution in [3.63, 3.8) is 0 Å². The van der Waals surface area contributed by atoms with E-state index in [1.807, 2.05) is 30.3 Å². The first-order valence-electron chi connectivity index (χ1n) is 7.44. The molecule has 0 amide bonds. The molecule has 25 heavy (non-hydrogen) atoms. The highest BCUT2D eigenvalue weighted by Crippen LogP contribution is 2.15. The third-order valence-corrected chi connectivity index (χ3v) is 3.54. The zero-order valence-corrected chi connectivity index (χ0v) is 13.0. The first-order chi connectivity index (χ1) is 12.1. The van der Waals surface area contributed by atoms with Crippen LogP contribution in [0.1, 0.15) is 11.1 Å². The Kier molecular flexibility index (Phi) is 4.56. The molecule has 0 saturated carbocycles. The summed E-state index contributed by atoms with van der Waals surface area (Å²) in [5.41, 5.74) is -0.578. The van der Waals surface area contributed by atoms with Gasteiger partial charge in [-0.05, 0) is 29.8 Å². The van der Waals surface area contributed by atoms with Gasteiger partial charge in [-0.25, -0.2) is 13.8 Å². The number of benzene rings is 2. The number of aromatic nitrogens is 2. The van der Waals surface area contributed by atoms with E-state index in [0.717, 1.165) is 22.3 Å². The van der Waals surface area contributed by atoms with E-state index in [1.165, 1.54) is 18.3 Å². The summed E-state index contributed by atoms with van der Waals surface area (Å²) in [7, 11) is 0. The van der Waals surface area contributed by atoms with Crippen LogP contribution in [0.3, 0.4) is 0 Å². The van der Waals surface area contributed by atoms with E-state index >= 15 is 0 Å². The molecule has 126 valence electrons. The zero-order valence-electron chi connectivity index (χ0n) is 13.0. The van der Waals surface area contributed by atoms with E-state index in [4.69, 9.17) is 0 Å². The van der Waals surface area contributed by atoms with E-state index in [1.54, 1.807) is 0 Å². The van der Waals surface area contributed by atoms with Crippen LogP contribution in [-0.2, 0) is 6.54 Å². The highest BCUT2D eigenvalue weighted by atomic mass is 19.1. The van der Waals surface area contributed by atoms with E-state index in [0.29, 0.717) is 6.54 Å². The Morgan fingerprint density at radius 1 is 1.08 bits per heavy atom. The number of rotatable bonds is 4. The van der Waals surface area contributed by atoms with Crippen LogP contribution in [-0.4, -0.2) is 20.9 Å². The van der Waals surface area contributed by atoms with Crippen molar-refractivity contribution in [1.29, 1.82) is 0 Å². The Morgan fingerprint density at radius 2 is 1.76 bits per heavy atom. The Balaban J connectivity index is 2.00. The van der Waals surface area contributed by atoms with Crippen molar-refractivity contribution in [3.8, 4) is 11.6 Å². The van der Waals surface area contributed by atoms with Gasteiger partial charge in [0.15, 0.2) is 0 Å². The normalized spacial score (nSPS) is 11.1. The fourth-order valence-electron chi connectivity index (χ4n) is 2.31. The van der Waals surface area contributed by atoms with Gasteiger partial charge < -0.3 is 5.11 Å². The molecule has 0 fully saturated rings. The monoisotopic (exact) mass is 339 g/mol. The summed E-state index contributed by atoms with van der Waals surface area (Å²) in [6.45, 7) is 0.315. The van der Waals surface area contributed by atoms with Crippen molar-refractivity contribution >= 4 is 6.21 Å². The molecule has 2 aromatic carbocycles. The minimum atomic E-state index is -0.825. The third kappa shape index (κ3) is 3.55. The standard InChI is InChI=1S/C18H14FN3O3/c19-13-6-8-14(9-7-13)22-17(24)15(16(23)21-18(22)25)11-20-10-12-4-2-1-3-5-12/h1-9,11,24H,10H2,(H,21,23,25). The molecule has 1 aromatic heterocycles. The molecule has 0 spiro atoms. The molecule has 0 radical (unpaired) electrons. The maximum atomic E-state index is 13.0. The van der Waals surface area contributed by atoms with Crippen molar-refractivity contribution in [2.75, 3.05) is 0 Å². The summed E-state index contributed by atoms with van der Waals surface area (Å²) in [4.78, 5) is 30.2. The maximum Gasteiger partial charge on any atom is 0.335 e. The minimum Gasteiger partial charge on any atom is -0.493 e. The molecule has 0 unspecified atom stereocenters. The van der Waals surface area contributed by atoms with Gasteiger partial charge in [0, 0.05) is 6.21 Å². The second-order valence-corrected chi connectivity index (χ2v) is 5.26. The van der Waals surface area contributed by atoms with E-state index < -0.39 is 22.9 Å². The molecule has 0 aliphatic carbocycles. The topological polar surface area (TPSA) is 87.5 Å². The molecule has 3 rings (SSSR count).